The van der Waals surface area contributed by atoms with Gasteiger partial charge in [0.05, 0.1) is 30.9 Å². The second kappa shape index (κ2) is 8.94. The Hall–Kier alpha value is -2.09. The fraction of sp³-hybridized carbons (Fsp3) is 0.429. The highest BCUT2D eigenvalue weighted by molar-refractivity contribution is 7.92. The van der Waals surface area contributed by atoms with Gasteiger partial charge in [-0.25, -0.2) is 8.42 Å². The van der Waals surface area contributed by atoms with Gasteiger partial charge in [0.2, 0.25) is 0 Å². The Labute approximate surface area is 167 Å². The predicted molar refractivity (Wildman–Crippen MR) is 111 cm³/mol. The molecule has 152 valence electrons. The van der Waals surface area contributed by atoms with Crippen molar-refractivity contribution in [2.45, 2.75) is 18.7 Å². The van der Waals surface area contributed by atoms with Gasteiger partial charge in [0.15, 0.2) is 0 Å². The summed E-state index contributed by atoms with van der Waals surface area (Å²) in [5.74, 6) is 0.691. The van der Waals surface area contributed by atoms with E-state index in [9.17, 15) is 8.42 Å². The number of ether oxygens (including phenoxy) is 2. The van der Waals surface area contributed by atoms with E-state index < -0.39 is 10.0 Å². The lowest BCUT2D eigenvalue weighted by atomic mass is 10.1. The average molecular weight is 405 g/mol. The van der Waals surface area contributed by atoms with Crippen molar-refractivity contribution in [1.82, 2.24) is 4.90 Å². The third-order valence-corrected chi connectivity index (χ3v) is 7.00. The van der Waals surface area contributed by atoms with Crippen LogP contribution in [0.2, 0.25) is 0 Å². The highest BCUT2D eigenvalue weighted by Gasteiger charge is 2.28. The van der Waals surface area contributed by atoms with Gasteiger partial charge in [0, 0.05) is 26.2 Å². The number of methoxy groups -OCH3 is 1. The van der Waals surface area contributed by atoms with Crippen LogP contribution < -0.4 is 9.04 Å². The standard InChI is InChI=1S/C21H28N2O4S/c1-17-16-21(18(2)15-20(17)26-3)28(24,25)23(19-7-5-4-6-8-19)10-9-22-11-13-27-14-12-22/h4-8,15-16H,9-14H2,1-3H3. The molecule has 28 heavy (non-hydrogen) atoms. The first-order chi connectivity index (χ1) is 13.4. The van der Waals surface area contributed by atoms with Crippen LogP contribution in [0.15, 0.2) is 47.4 Å². The summed E-state index contributed by atoms with van der Waals surface area (Å²) in [6.45, 7) is 7.73. The molecule has 0 aromatic heterocycles. The van der Waals surface area contributed by atoms with Crippen LogP contribution in [0.5, 0.6) is 5.75 Å². The van der Waals surface area contributed by atoms with E-state index in [1.54, 1.807) is 26.2 Å². The Balaban J connectivity index is 1.95. The number of sulfonamides is 1. The van der Waals surface area contributed by atoms with E-state index in [1.165, 1.54) is 4.31 Å². The predicted octanol–water partition coefficient (Wildman–Crippen LogP) is 2.84. The number of aryl methyl sites for hydroxylation is 2. The Morgan fingerprint density at radius 1 is 1.07 bits per heavy atom. The summed E-state index contributed by atoms with van der Waals surface area (Å²) in [6.07, 6.45) is 0. The lowest BCUT2D eigenvalue weighted by molar-refractivity contribution is 0.0395. The summed E-state index contributed by atoms with van der Waals surface area (Å²) in [4.78, 5) is 2.55. The maximum Gasteiger partial charge on any atom is 0.264 e. The van der Waals surface area contributed by atoms with Crippen molar-refractivity contribution in [2.75, 3.05) is 50.8 Å². The minimum absolute atomic E-state index is 0.316. The van der Waals surface area contributed by atoms with Gasteiger partial charge in [-0.2, -0.15) is 0 Å². The number of para-hydroxylation sites is 1. The van der Waals surface area contributed by atoms with E-state index in [2.05, 4.69) is 4.90 Å². The average Bonchev–Trinajstić information content (AvgIpc) is 2.71. The number of hydrogen-bond acceptors (Lipinski definition) is 5. The number of benzene rings is 2. The molecule has 0 bridgehead atoms. The molecule has 0 radical (unpaired) electrons. The number of anilines is 1. The molecule has 1 saturated heterocycles. The maximum absolute atomic E-state index is 13.6. The molecule has 0 saturated carbocycles. The van der Waals surface area contributed by atoms with Crippen molar-refractivity contribution < 1.29 is 17.9 Å². The van der Waals surface area contributed by atoms with Gasteiger partial charge in [0.25, 0.3) is 10.0 Å². The Bertz CT molecular complexity index is 894. The molecule has 0 aliphatic carbocycles. The van der Waals surface area contributed by atoms with Crippen LogP contribution in [0.25, 0.3) is 0 Å². The van der Waals surface area contributed by atoms with Gasteiger partial charge < -0.3 is 9.47 Å². The summed E-state index contributed by atoms with van der Waals surface area (Å²) in [5.41, 5.74) is 2.14. The second-order valence-corrected chi connectivity index (χ2v) is 8.78. The molecule has 0 spiro atoms. The molecule has 6 nitrogen and oxygen atoms in total. The molecule has 1 heterocycles. The monoisotopic (exact) mass is 404 g/mol. The smallest absolute Gasteiger partial charge is 0.264 e. The molecule has 0 amide bonds. The minimum Gasteiger partial charge on any atom is -0.496 e. The molecule has 0 unspecified atom stereocenters. The number of rotatable bonds is 7. The Kier molecular flexibility index (Phi) is 6.59. The third-order valence-electron chi connectivity index (χ3n) is 5.03. The fourth-order valence-corrected chi connectivity index (χ4v) is 5.17. The van der Waals surface area contributed by atoms with Crippen molar-refractivity contribution in [1.29, 1.82) is 0 Å². The molecular weight excluding hydrogens is 376 g/mol. The maximum atomic E-state index is 13.6. The zero-order chi connectivity index (χ0) is 20.1. The fourth-order valence-electron chi connectivity index (χ4n) is 3.42. The zero-order valence-corrected chi connectivity index (χ0v) is 17.5. The summed E-state index contributed by atoms with van der Waals surface area (Å²) >= 11 is 0. The normalized spacial score (nSPS) is 15.4. The van der Waals surface area contributed by atoms with Crippen LogP contribution in [-0.2, 0) is 14.8 Å². The van der Waals surface area contributed by atoms with Crippen molar-refractivity contribution in [3.63, 3.8) is 0 Å². The lowest BCUT2D eigenvalue weighted by Gasteiger charge is -2.31. The minimum atomic E-state index is -3.71. The lowest BCUT2D eigenvalue weighted by Crippen LogP contribution is -2.43. The number of morpholine rings is 1. The summed E-state index contributed by atoms with van der Waals surface area (Å²) in [7, 11) is -2.12. The third kappa shape index (κ3) is 4.48. The van der Waals surface area contributed by atoms with Gasteiger partial charge in [-0.1, -0.05) is 18.2 Å². The first kappa shape index (κ1) is 20.6. The molecule has 7 heteroatoms. The molecular formula is C21H28N2O4S. The van der Waals surface area contributed by atoms with Gasteiger partial charge >= 0.3 is 0 Å². The molecule has 3 rings (SSSR count). The van der Waals surface area contributed by atoms with E-state index in [0.29, 0.717) is 48.2 Å². The Morgan fingerprint density at radius 3 is 2.39 bits per heavy atom. The molecule has 1 fully saturated rings. The van der Waals surface area contributed by atoms with Crippen LogP contribution >= 0.6 is 0 Å². The largest absolute Gasteiger partial charge is 0.496 e. The molecule has 1 aliphatic heterocycles. The van der Waals surface area contributed by atoms with Gasteiger partial charge in [0.1, 0.15) is 5.75 Å². The highest BCUT2D eigenvalue weighted by atomic mass is 32.2. The topological polar surface area (TPSA) is 59.1 Å². The van der Waals surface area contributed by atoms with Gasteiger partial charge in [-0.05, 0) is 49.2 Å². The van der Waals surface area contributed by atoms with E-state index in [4.69, 9.17) is 9.47 Å². The quantitative estimate of drug-likeness (QED) is 0.710. The molecule has 2 aromatic carbocycles. The SMILES string of the molecule is COc1cc(C)c(S(=O)(=O)N(CCN2CCOCC2)c2ccccc2)cc1C. The van der Waals surface area contributed by atoms with E-state index in [0.717, 1.165) is 18.7 Å². The van der Waals surface area contributed by atoms with Crippen molar-refractivity contribution >= 4 is 15.7 Å². The first-order valence-electron chi connectivity index (χ1n) is 9.46. The van der Waals surface area contributed by atoms with Crippen LogP contribution in [0.1, 0.15) is 11.1 Å². The number of nitrogens with zero attached hydrogens (tertiary/aromatic N) is 2. The molecule has 0 N–H and O–H groups in total. The van der Waals surface area contributed by atoms with E-state index >= 15 is 0 Å². The Morgan fingerprint density at radius 2 is 1.75 bits per heavy atom. The van der Waals surface area contributed by atoms with Crippen molar-refractivity contribution in [3.05, 3.63) is 53.6 Å². The number of hydrogen-bond donors (Lipinski definition) is 0. The molecule has 1 aliphatic rings. The molecule has 2 aromatic rings. The van der Waals surface area contributed by atoms with Crippen molar-refractivity contribution in [3.8, 4) is 5.75 Å². The van der Waals surface area contributed by atoms with Gasteiger partial charge in [-0.15, -0.1) is 0 Å². The van der Waals surface area contributed by atoms with E-state index in [1.807, 2.05) is 37.3 Å². The van der Waals surface area contributed by atoms with Crippen molar-refractivity contribution in [2.24, 2.45) is 0 Å². The summed E-state index contributed by atoms with van der Waals surface area (Å²) in [5, 5.41) is 0. The van der Waals surface area contributed by atoms with Crippen LogP contribution in [-0.4, -0.2) is 59.8 Å². The first-order valence-corrected chi connectivity index (χ1v) is 10.9. The van der Waals surface area contributed by atoms with Gasteiger partial charge in [-0.3, -0.25) is 9.21 Å². The zero-order valence-electron chi connectivity index (χ0n) is 16.7. The van der Waals surface area contributed by atoms with E-state index in [-0.39, 0.29) is 0 Å². The highest BCUT2D eigenvalue weighted by Crippen LogP contribution is 2.30. The van der Waals surface area contributed by atoms with Crippen LogP contribution in [0, 0.1) is 13.8 Å². The van der Waals surface area contributed by atoms with Crippen LogP contribution in [0.4, 0.5) is 5.69 Å². The summed E-state index contributed by atoms with van der Waals surface area (Å²) < 4.78 is 39.5. The summed E-state index contributed by atoms with van der Waals surface area (Å²) in [6, 6.07) is 12.8. The second-order valence-electron chi connectivity index (χ2n) is 6.95. The molecule has 0 atom stereocenters. The van der Waals surface area contributed by atoms with Crippen LogP contribution in [0.3, 0.4) is 0 Å².